The van der Waals surface area contributed by atoms with E-state index in [1.165, 1.54) is 6.20 Å². The molecule has 0 aliphatic rings. The van der Waals surface area contributed by atoms with Crippen molar-refractivity contribution in [3.05, 3.63) is 40.9 Å². The van der Waals surface area contributed by atoms with Gasteiger partial charge in [-0.2, -0.15) is 0 Å². The van der Waals surface area contributed by atoms with Gasteiger partial charge in [-0.15, -0.1) is 4.91 Å². The molecular weight excluding hydrogens is 206 g/mol. The lowest BCUT2D eigenvalue weighted by Crippen LogP contribution is -2.06. The minimum absolute atomic E-state index is 0.521. The molecule has 0 aliphatic carbocycles. The average molecular weight is 221 g/mol. The Bertz CT molecular complexity index is 350. The number of ether oxygens (including phenoxy) is 2. The first-order valence-electron chi connectivity index (χ1n) is 5.16. The van der Waals surface area contributed by atoms with Gasteiger partial charge in [-0.3, -0.25) is 0 Å². The van der Waals surface area contributed by atoms with Gasteiger partial charge in [0.05, 0.1) is 12.8 Å². The summed E-state index contributed by atoms with van der Waals surface area (Å²) in [4.78, 5) is 9.92. The van der Waals surface area contributed by atoms with E-state index in [4.69, 9.17) is 9.47 Å². The van der Waals surface area contributed by atoms with Crippen LogP contribution < -0.4 is 4.74 Å². The summed E-state index contributed by atoms with van der Waals surface area (Å²) in [5.41, 5.74) is 0.883. The van der Waals surface area contributed by atoms with Gasteiger partial charge in [-0.1, -0.05) is 12.1 Å². The fourth-order valence-corrected chi connectivity index (χ4v) is 1.19. The lowest BCUT2D eigenvalue weighted by molar-refractivity contribution is 0.110. The molecule has 0 radical (unpaired) electrons. The lowest BCUT2D eigenvalue weighted by atomic mass is 10.2. The van der Waals surface area contributed by atoms with Gasteiger partial charge in [0.25, 0.3) is 0 Å². The maximum atomic E-state index is 9.92. The van der Waals surface area contributed by atoms with Crippen molar-refractivity contribution in [3.63, 3.8) is 0 Å². The van der Waals surface area contributed by atoms with Crippen molar-refractivity contribution in [2.75, 3.05) is 19.8 Å². The molecule has 0 aromatic heterocycles. The van der Waals surface area contributed by atoms with Crippen molar-refractivity contribution < 1.29 is 9.47 Å². The molecule has 4 heteroatoms. The summed E-state index contributed by atoms with van der Waals surface area (Å²) < 4.78 is 10.6. The van der Waals surface area contributed by atoms with Gasteiger partial charge >= 0.3 is 0 Å². The van der Waals surface area contributed by atoms with Crippen LogP contribution in [0, 0.1) is 4.91 Å². The average Bonchev–Trinajstić information content (AvgIpc) is 2.33. The third kappa shape index (κ3) is 4.70. The summed E-state index contributed by atoms with van der Waals surface area (Å²) in [7, 11) is 0. The van der Waals surface area contributed by atoms with Crippen LogP contribution in [0.5, 0.6) is 5.75 Å². The number of rotatable bonds is 7. The highest BCUT2D eigenvalue weighted by Gasteiger charge is 1.94. The number of benzene rings is 1. The predicted molar refractivity (Wildman–Crippen MR) is 63.3 cm³/mol. The second-order valence-corrected chi connectivity index (χ2v) is 3.04. The van der Waals surface area contributed by atoms with Gasteiger partial charge in [-0.05, 0) is 35.9 Å². The van der Waals surface area contributed by atoms with E-state index in [-0.39, 0.29) is 0 Å². The van der Waals surface area contributed by atoms with Gasteiger partial charge in [0.1, 0.15) is 12.4 Å². The van der Waals surface area contributed by atoms with Crippen molar-refractivity contribution in [1.29, 1.82) is 0 Å². The maximum Gasteiger partial charge on any atom is 0.120 e. The van der Waals surface area contributed by atoms with Gasteiger partial charge in [0.15, 0.2) is 0 Å². The van der Waals surface area contributed by atoms with Crippen LogP contribution in [0.1, 0.15) is 12.5 Å². The van der Waals surface area contributed by atoms with E-state index in [9.17, 15) is 4.91 Å². The van der Waals surface area contributed by atoms with Gasteiger partial charge in [0.2, 0.25) is 0 Å². The molecule has 0 spiro atoms. The molecule has 0 unspecified atom stereocenters. The van der Waals surface area contributed by atoms with Crippen LogP contribution in [0.4, 0.5) is 0 Å². The minimum Gasteiger partial charge on any atom is -0.491 e. The molecule has 16 heavy (non-hydrogen) atoms. The monoisotopic (exact) mass is 221 g/mol. The van der Waals surface area contributed by atoms with Crippen molar-refractivity contribution in [1.82, 2.24) is 0 Å². The Labute approximate surface area is 94.9 Å². The Morgan fingerprint density at radius 3 is 3.00 bits per heavy atom. The first-order chi connectivity index (χ1) is 7.86. The smallest absolute Gasteiger partial charge is 0.120 e. The molecule has 0 heterocycles. The van der Waals surface area contributed by atoms with Crippen LogP contribution in [0.3, 0.4) is 0 Å². The predicted octanol–water partition coefficient (Wildman–Crippen LogP) is 2.84. The Morgan fingerprint density at radius 2 is 2.25 bits per heavy atom. The highest BCUT2D eigenvalue weighted by atomic mass is 16.5. The Balaban J connectivity index is 2.47. The molecule has 0 N–H and O–H groups in total. The molecular formula is C12H15NO3. The van der Waals surface area contributed by atoms with E-state index < -0.39 is 0 Å². The van der Waals surface area contributed by atoms with E-state index in [1.807, 2.05) is 31.2 Å². The molecule has 0 saturated heterocycles. The van der Waals surface area contributed by atoms with E-state index in [2.05, 4.69) is 5.18 Å². The summed E-state index contributed by atoms with van der Waals surface area (Å²) in [5, 5.41) is 2.66. The van der Waals surface area contributed by atoms with Crippen LogP contribution in [0.2, 0.25) is 0 Å². The summed E-state index contributed by atoms with van der Waals surface area (Å²) in [5.74, 6) is 0.757. The van der Waals surface area contributed by atoms with Crippen LogP contribution in [0.15, 0.2) is 35.6 Å². The minimum atomic E-state index is 0.521. The van der Waals surface area contributed by atoms with Crippen LogP contribution >= 0.6 is 0 Å². The summed E-state index contributed by atoms with van der Waals surface area (Å²) >= 11 is 0. The van der Waals surface area contributed by atoms with E-state index in [1.54, 1.807) is 6.08 Å². The third-order valence-corrected chi connectivity index (χ3v) is 1.89. The fourth-order valence-electron chi connectivity index (χ4n) is 1.19. The largest absolute Gasteiger partial charge is 0.491 e. The number of nitroso groups, excluding NO2 is 1. The van der Waals surface area contributed by atoms with Gasteiger partial charge < -0.3 is 9.47 Å². The number of hydrogen-bond donors (Lipinski definition) is 0. The van der Waals surface area contributed by atoms with Crippen molar-refractivity contribution >= 4 is 6.08 Å². The molecule has 1 aromatic carbocycles. The lowest BCUT2D eigenvalue weighted by Gasteiger charge is -2.06. The van der Waals surface area contributed by atoms with Crippen molar-refractivity contribution in [3.8, 4) is 5.75 Å². The van der Waals surface area contributed by atoms with Gasteiger partial charge in [-0.25, -0.2) is 0 Å². The molecule has 0 atom stereocenters. The molecule has 0 saturated carbocycles. The van der Waals surface area contributed by atoms with Crippen LogP contribution in [-0.2, 0) is 4.74 Å². The molecule has 0 aliphatic heterocycles. The number of hydrogen-bond acceptors (Lipinski definition) is 4. The molecule has 0 amide bonds. The summed E-state index contributed by atoms with van der Waals surface area (Å²) in [6.45, 7) is 3.73. The van der Waals surface area contributed by atoms with Crippen molar-refractivity contribution in [2.24, 2.45) is 5.18 Å². The normalized spacial score (nSPS) is 10.6. The molecule has 0 fully saturated rings. The molecule has 4 nitrogen and oxygen atoms in total. The van der Waals surface area contributed by atoms with Gasteiger partial charge in [0, 0.05) is 6.61 Å². The van der Waals surface area contributed by atoms with E-state index in [0.717, 1.165) is 11.3 Å². The first kappa shape index (κ1) is 12.4. The highest BCUT2D eigenvalue weighted by molar-refractivity contribution is 5.51. The molecule has 86 valence electrons. The maximum absolute atomic E-state index is 9.92. The first-order valence-corrected chi connectivity index (χ1v) is 5.16. The third-order valence-electron chi connectivity index (χ3n) is 1.89. The topological polar surface area (TPSA) is 47.9 Å². The standard InChI is InChI=1S/C12H15NO3/c1-2-15-8-9-16-12-5-3-4-11(10-12)6-7-13-14/h3-7,10H,2,8-9H2,1H3/b7-6+. The molecule has 1 aromatic rings. The zero-order valence-corrected chi connectivity index (χ0v) is 9.26. The number of nitrogens with zero attached hydrogens (tertiary/aromatic N) is 1. The zero-order valence-electron chi connectivity index (χ0n) is 9.26. The quantitative estimate of drug-likeness (QED) is 0.525. The van der Waals surface area contributed by atoms with E-state index in [0.29, 0.717) is 19.8 Å². The fraction of sp³-hybridized carbons (Fsp3) is 0.333. The van der Waals surface area contributed by atoms with E-state index >= 15 is 0 Å². The summed E-state index contributed by atoms with van der Waals surface area (Å²) in [6.07, 6.45) is 2.84. The second kappa shape index (κ2) is 7.59. The Hall–Kier alpha value is -1.68. The SMILES string of the molecule is CCOCCOc1cccc(/C=C/N=O)c1. The second-order valence-electron chi connectivity index (χ2n) is 3.04. The Kier molecular flexibility index (Phi) is 5.88. The highest BCUT2D eigenvalue weighted by Crippen LogP contribution is 2.14. The molecule has 1 rings (SSSR count). The Morgan fingerprint density at radius 1 is 1.38 bits per heavy atom. The summed E-state index contributed by atoms with van der Waals surface area (Å²) in [6, 6.07) is 7.43. The van der Waals surface area contributed by atoms with Crippen LogP contribution in [-0.4, -0.2) is 19.8 Å². The van der Waals surface area contributed by atoms with Crippen LogP contribution in [0.25, 0.3) is 6.08 Å². The molecule has 0 bridgehead atoms. The zero-order chi connectivity index (χ0) is 11.6. The van der Waals surface area contributed by atoms with Crippen molar-refractivity contribution in [2.45, 2.75) is 6.92 Å².